The van der Waals surface area contributed by atoms with Crippen molar-refractivity contribution in [3.8, 4) is 0 Å². The van der Waals surface area contributed by atoms with Gasteiger partial charge in [-0.15, -0.1) is 0 Å². The van der Waals surface area contributed by atoms with Crippen molar-refractivity contribution in [1.29, 1.82) is 0 Å². The molecule has 140 valence electrons. The normalized spacial score (nSPS) is 19.4. The number of hydrogen-bond acceptors (Lipinski definition) is 8. The summed E-state index contributed by atoms with van der Waals surface area (Å²) in [5.41, 5.74) is 2.21. The van der Waals surface area contributed by atoms with Crippen LogP contribution in [-0.2, 0) is 11.3 Å². The Kier molecular flexibility index (Phi) is 4.65. The number of aromatic nitrogens is 4. The number of fused-ring (bicyclic) bond motifs is 1. The predicted octanol–water partition coefficient (Wildman–Crippen LogP) is 2.02. The van der Waals surface area contributed by atoms with E-state index in [2.05, 4.69) is 20.3 Å². The number of nitro groups is 1. The first-order chi connectivity index (χ1) is 13.2. The second-order valence-corrected chi connectivity index (χ2v) is 6.30. The number of benzene rings is 1. The van der Waals surface area contributed by atoms with Crippen LogP contribution in [0.25, 0.3) is 11.2 Å². The van der Waals surface area contributed by atoms with Gasteiger partial charge in [-0.1, -0.05) is 12.1 Å². The van der Waals surface area contributed by atoms with E-state index in [1.165, 1.54) is 18.5 Å². The molecule has 1 aromatic carbocycles. The summed E-state index contributed by atoms with van der Waals surface area (Å²) in [5, 5.41) is 23.2. The highest BCUT2D eigenvalue weighted by molar-refractivity contribution is 5.82. The smallest absolute Gasteiger partial charge is 0.269 e. The van der Waals surface area contributed by atoms with Gasteiger partial charge in [0.25, 0.3) is 5.69 Å². The summed E-state index contributed by atoms with van der Waals surface area (Å²) in [6.07, 6.45) is 4.33. The fraction of sp³-hybridized carbons (Fsp3) is 0.353. The molecule has 3 aromatic rings. The summed E-state index contributed by atoms with van der Waals surface area (Å²) in [5.74, 6) is 0.578. The number of rotatable bonds is 6. The van der Waals surface area contributed by atoms with Crippen molar-refractivity contribution in [2.75, 3.05) is 11.9 Å². The third-order valence-electron chi connectivity index (χ3n) is 4.56. The third-order valence-corrected chi connectivity index (χ3v) is 4.56. The Hall–Kier alpha value is -3.11. The van der Waals surface area contributed by atoms with Crippen LogP contribution in [0.5, 0.6) is 0 Å². The molecular formula is C17H18N6O4. The number of non-ortho nitro benzene ring substituents is 1. The van der Waals surface area contributed by atoms with E-state index in [9.17, 15) is 15.2 Å². The van der Waals surface area contributed by atoms with Crippen molar-refractivity contribution in [2.45, 2.75) is 31.7 Å². The predicted molar refractivity (Wildman–Crippen MR) is 96.0 cm³/mol. The Balaban J connectivity index is 1.52. The maximum atomic E-state index is 10.7. The van der Waals surface area contributed by atoms with Crippen LogP contribution in [0.1, 0.15) is 24.6 Å². The van der Waals surface area contributed by atoms with E-state index in [0.717, 1.165) is 18.4 Å². The second kappa shape index (κ2) is 7.25. The van der Waals surface area contributed by atoms with Gasteiger partial charge < -0.3 is 15.2 Å². The molecule has 1 saturated heterocycles. The lowest BCUT2D eigenvalue weighted by atomic mass is 10.2. The molecule has 4 rings (SSSR count). The number of nitrogens with one attached hydrogen (secondary N) is 1. The molecule has 10 nitrogen and oxygen atoms in total. The maximum absolute atomic E-state index is 10.7. The van der Waals surface area contributed by atoms with E-state index in [-0.39, 0.29) is 24.6 Å². The monoisotopic (exact) mass is 370 g/mol. The first kappa shape index (κ1) is 17.3. The number of anilines is 1. The standard InChI is InChI=1S/C17H18N6O4/c24-8-13-5-6-14(27-13)22-10-21-15-16(19-9-20-17(15)22)18-7-11-1-3-12(4-2-11)23(25)26/h1-4,9-10,13-14,24H,5-8H2,(H,18,19,20)/t13-,14+/m0/s1. The minimum atomic E-state index is -0.426. The minimum absolute atomic E-state index is 0.000156. The van der Waals surface area contributed by atoms with E-state index < -0.39 is 4.92 Å². The molecule has 0 aliphatic carbocycles. The van der Waals surface area contributed by atoms with Gasteiger partial charge >= 0.3 is 0 Å². The van der Waals surface area contributed by atoms with E-state index in [1.807, 2.05) is 4.57 Å². The van der Waals surface area contributed by atoms with Crippen molar-refractivity contribution in [3.05, 3.63) is 52.6 Å². The second-order valence-electron chi connectivity index (χ2n) is 6.30. The molecule has 1 aliphatic rings. The topological polar surface area (TPSA) is 128 Å². The van der Waals surface area contributed by atoms with E-state index >= 15 is 0 Å². The van der Waals surface area contributed by atoms with Crippen molar-refractivity contribution in [2.24, 2.45) is 0 Å². The van der Waals surface area contributed by atoms with E-state index in [4.69, 9.17) is 4.74 Å². The van der Waals surface area contributed by atoms with Gasteiger partial charge in [-0.05, 0) is 18.4 Å². The van der Waals surface area contributed by atoms with Gasteiger partial charge in [0.1, 0.15) is 12.6 Å². The van der Waals surface area contributed by atoms with Gasteiger partial charge in [0.2, 0.25) is 0 Å². The molecule has 1 aliphatic heterocycles. The lowest BCUT2D eigenvalue weighted by Crippen LogP contribution is -2.14. The summed E-state index contributed by atoms with van der Waals surface area (Å²) in [6, 6.07) is 6.33. The van der Waals surface area contributed by atoms with Crippen LogP contribution >= 0.6 is 0 Å². The van der Waals surface area contributed by atoms with Crippen LogP contribution in [0.3, 0.4) is 0 Å². The summed E-state index contributed by atoms with van der Waals surface area (Å²) in [4.78, 5) is 23.3. The van der Waals surface area contributed by atoms with Crippen molar-refractivity contribution in [3.63, 3.8) is 0 Å². The summed E-state index contributed by atoms with van der Waals surface area (Å²) < 4.78 is 7.65. The molecule has 27 heavy (non-hydrogen) atoms. The molecule has 10 heteroatoms. The highest BCUT2D eigenvalue weighted by atomic mass is 16.6. The average molecular weight is 370 g/mol. The first-order valence-corrected chi connectivity index (χ1v) is 8.57. The van der Waals surface area contributed by atoms with E-state index in [0.29, 0.717) is 23.5 Å². The molecule has 0 radical (unpaired) electrons. The van der Waals surface area contributed by atoms with Crippen LogP contribution in [-0.4, -0.2) is 42.3 Å². The van der Waals surface area contributed by atoms with Gasteiger partial charge in [0.15, 0.2) is 17.0 Å². The molecule has 0 saturated carbocycles. The molecule has 0 spiro atoms. The number of aliphatic hydroxyl groups excluding tert-OH is 1. The summed E-state index contributed by atoms with van der Waals surface area (Å²) >= 11 is 0. The zero-order chi connectivity index (χ0) is 18.8. The van der Waals surface area contributed by atoms with Crippen LogP contribution < -0.4 is 5.32 Å². The van der Waals surface area contributed by atoms with Gasteiger partial charge in [0, 0.05) is 18.7 Å². The molecule has 2 aromatic heterocycles. The van der Waals surface area contributed by atoms with E-state index in [1.54, 1.807) is 18.5 Å². The quantitative estimate of drug-likeness (QED) is 0.498. The average Bonchev–Trinajstić information content (AvgIpc) is 3.33. The number of nitrogens with zero attached hydrogens (tertiary/aromatic N) is 5. The van der Waals surface area contributed by atoms with Crippen LogP contribution in [0, 0.1) is 10.1 Å². The Bertz CT molecular complexity index is 958. The van der Waals surface area contributed by atoms with Crippen LogP contribution in [0.4, 0.5) is 11.5 Å². The lowest BCUT2D eigenvalue weighted by molar-refractivity contribution is -0.384. The van der Waals surface area contributed by atoms with Crippen molar-refractivity contribution in [1.82, 2.24) is 19.5 Å². The highest BCUT2D eigenvalue weighted by Gasteiger charge is 2.27. The lowest BCUT2D eigenvalue weighted by Gasteiger charge is -2.14. The molecule has 2 atom stereocenters. The molecule has 3 heterocycles. The number of hydrogen-bond donors (Lipinski definition) is 2. The van der Waals surface area contributed by atoms with Crippen LogP contribution in [0.2, 0.25) is 0 Å². The van der Waals surface area contributed by atoms with Gasteiger partial charge in [-0.2, -0.15) is 0 Å². The summed E-state index contributed by atoms with van der Waals surface area (Å²) in [7, 11) is 0. The third kappa shape index (κ3) is 3.44. The molecule has 0 bridgehead atoms. The maximum Gasteiger partial charge on any atom is 0.269 e. The molecule has 0 amide bonds. The van der Waals surface area contributed by atoms with Crippen molar-refractivity contribution >= 4 is 22.7 Å². The Morgan fingerprint density at radius 2 is 2.07 bits per heavy atom. The van der Waals surface area contributed by atoms with Crippen molar-refractivity contribution < 1.29 is 14.8 Å². The molecule has 0 unspecified atom stereocenters. The minimum Gasteiger partial charge on any atom is -0.394 e. The largest absolute Gasteiger partial charge is 0.394 e. The fourth-order valence-corrected chi connectivity index (χ4v) is 3.14. The zero-order valence-corrected chi connectivity index (χ0v) is 14.4. The Morgan fingerprint density at radius 3 is 2.78 bits per heavy atom. The molecule has 2 N–H and O–H groups in total. The van der Waals surface area contributed by atoms with Gasteiger partial charge in [-0.3, -0.25) is 14.7 Å². The first-order valence-electron chi connectivity index (χ1n) is 8.57. The molecule has 1 fully saturated rings. The SMILES string of the molecule is O=[N+]([O-])c1ccc(CNc2ncnc3c2ncn3[C@H]2CC[C@@H](CO)O2)cc1. The number of ether oxygens (including phenoxy) is 1. The highest BCUT2D eigenvalue weighted by Crippen LogP contribution is 2.31. The zero-order valence-electron chi connectivity index (χ0n) is 14.4. The number of aliphatic hydroxyl groups is 1. The Labute approximate surface area is 154 Å². The Morgan fingerprint density at radius 1 is 1.26 bits per heavy atom. The number of imidazole rings is 1. The summed E-state index contributed by atoms with van der Waals surface area (Å²) in [6.45, 7) is 0.448. The number of nitro benzene ring substituents is 1. The fourth-order valence-electron chi connectivity index (χ4n) is 3.14. The van der Waals surface area contributed by atoms with Crippen LogP contribution in [0.15, 0.2) is 36.9 Å². The molecular weight excluding hydrogens is 352 g/mol. The van der Waals surface area contributed by atoms with Gasteiger partial charge in [-0.25, -0.2) is 15.0 Å². The van der Waals surface area contributed by atoms with Gasteiger partial charge in [0.05, 0.1) is 24.0 Å².